The Balaban J connectivity index is 2.57. The largest absolute Gasteiger partial charge is 0.549 e. The number of carboxylic acid groups (broad SMARTS) is 1. The van der Waals surface area contributed by atoms with E-state index >= 15 is 0 Å². The van der Waals surface area contributed by atoms with Crippen molar-refractivity contribution in [2.45, 2.75) is 12.3 Å². The second-order valence-corrected chi connectivity index (χ2v) is 6.30. The maximum atomic E-state index is 11.6. The van der Waals surface area contributed by atoms with Crippen LogP contribution in [0.3, 0.4) is 0 Å². The van der Waals surface area contributed by atoms with Gasteiger partial charge in [0.15, 0.2) is 0 Å². The van der Waals surface area contributed by atoms with Gasteiger partial charge in [-0.2, -0.15) is 0 Å². The third kappa shape index (κ3) is 3.44. The highest BCUT2D eigenvalue weighted by atomic mass is 35.5. The number of rotatable bonds is 4. The van der Waals surface area contributed by atoms with Crippen LogP contribution in [-0.2, 0) is 11.2 Å². The minimum Gasteiger partial charge on any atom is -0.549 e. The summed E-state index contributed by atoms with van der Waals surface area (Å²) in [5.74, 6) is -2.48. The lowest BCUT2D eigenvalue weighted by Crippen LogP contribution is -2.31. The Hall–Kier alpha value is -0.710. The highest BCUT2D eigenvalue weighted by molar-refractivity contribution is 6.55. The van der Waals surface area contributed by atoms with Crippen molar-refractivity contribution in [3.8, 4) is 0 Å². The number of nitrogens with zero attached hydrogens (tertiary/aromatic N) is 1. The molecule has 22 heavy (non-hydrogen) atoms. The molecule has 8 heteroatoms. The summed E-state index contributed by atoms with van der Waals surface area (Å²) in [6.45, 7) is 0. The zero-order valence-corrected chi connectivity index (χ0v) is 14.5. The molecule has 1 heterocycles. The fourth-order valence-corrected chi connectivity index (χ4v) is 3.40. The van der Waals surface area contributed by atoms with Crippen molar-refractivity contribution in [3.05, 3.63) is 60.8 Å². The molecule has 0 amide bonds. The van der Waals surface area contributed by atoms with Gasteiger partial charge >= 0.3 is 0 Å². The highest BCUT2D eigenvalue weighted by Gasteiger charge is 2.26. The van der Waals surface area contributed by atoms with Crippen molar-refractivity contribution in [2.75, 3.05) is 0 Å². The van der Waals surface area contributed by atoms with E-state index in [-0.39, 0.29) is 37.1 Å². The third-order valence-electron chi connectivity index (χ3n) is 3.07. The molecule has 0 aliphatic carbocycles. The van der Waals surface area contributed by atoms with Crippen LogP contribution < -0.4 is 5.11 Å². The number of carbonyl (C=O) groups excluding carboxylic acids is 1. The van der Waals surface area contributed by atoms with Gasteiger partial charge in [0.05, 0.1) is 25.1 Å². The molecule has 0 spiro atoms. The Morgan fingerprint density at radius 1 is 0.955 bits per heavy atom. The van der Waals surface area contributed by atoms with Crippen molar-refractivity contribution >= 4 is 64.0 Å². The zero-order chi connectivity index (χ0) is 16.4. The van der Waals surface area contributed by atoms with E-state index in [1.165, 1.54) is 0 Å². The van der Waals surface area contributed by atoms with Gasteiger partial charge in [-0.05, 0) is 24.1 Å². The van der Waals surface area contributed by atoms with Crippen molar-refractivity contribution in [1.29, 1.82) is 0 Å². The van der Waals surface area contributed by atoms with Crippen LogP contribution >= 0.6 is 58.0 Å². The number of carbonyl (C=O) groups is 1. The molecular formula is C14H7Cl5NO2-. The van der Waals surface area contributed by atoms with Crippen LogP contribution in [0.1, 0.15) is 17.0 Å². The molecule has 2 rings (SSSR count). The average molecular weight is 398 g/mol. The first-order chi connectivity index (χ1) is 10.3. The number of halogens is 5. The van der Waals surface area contributed by atoms with Gasteiger partial charge in [-0.3, -0.25) is 4.98 Å². The van der Waals surface area contributed by atoms with Gasteiger partial charge < -0.3 is 9.90 Å². The summed E-state index contributed by atoms with van der Waals surface area (Å²) in [6.07, 6.45) is 3.19. The number of carboxylic acids is 1. The molecule has 0 fully saturated rings. The number of pyridine rings is 1. The van der Waals surface area contributed by atoms with E-state index < -0.39 is 11.9 Å². The maximum absolute atomic E-state index is 11.6. The summed E-state index contributed by atoms with van der Waals surface area (Å²) >= 11 is 30.1. The summed E-state index contributed by atoms with van der Waals surface area (Å²) in [6, 6.07) is 3.35. The van der Waals surface area contributed by atoms with Gasteiger partial charge in [-0.25, -0.2) is 0 Å². The molecule has 0 aliphatic heterocycles. The smallest absolute Gasteiger partial charge is 0.0809 e. The van der Waals surface area contributed by atoms with E-state index in [2.05, 4.69) is 4.98 Å². The van der Waals surface area contributed by atoms with E-state index in [0.717, 1.165) is 5.56 Å². The summed E-state index contributed by atoms with van der Waals surface area (Å²) in [7, 11) is 0. The van der Waals surface area contributed by atoms with Crippen molar-refractivity contribution in [3.63, 3.8) is 0 Å². The van der Waals surface area contributed by atoms with Gasteiger partial charge in [0, 0.05) is 29.8 Å². The fourth-order valence-electron chi connectivity index (χ4n) is 1.99. The molecule has 0 radical (unpaired) electrons. The van der Waals surface area contributed by atoms with Gasteiger partial charge in [0.25, 0.3) is 0 Å². The van der Waals surface area contributed by atoms with E-state index in [1.54, 1.807) is 24.5 Å². The Labute approximate surface area is 151 Å². The second-order valence-electron chi connectivity index (χ2n) is 4.41. The van der Waals surface area contributed by atoms with Crippen LogP contribution in [0.25, 0.3) is 0 Å². The number of hydrogen-bond acceptors (Lipinski definition) is 3. The molecule has 1 aromatic carbocycles. The molecule has 1 aromatic heterocycles. The van der Waals surface area contributed by atoms with Crippen molar-refractivity contribution in [1.82, 2.24) is 4.98 Å². The molecule has 1 unspecified atom stereocenters. The Kier molecular flexibility index (Phi) is 5.81. The predicted molar refractivity (Wildman–Crippen MR) is 87.2 cm³/mol. The Morgan fingerprint density at radius 3 is 1.86 bits per heavy atom. The molecule has 0 saturated carbocycles. The van der Waals surface area contributed by atoms with Crippen LogP contribution in [0.15, 0.2) is 24.5 Å². The maximum Gasteiger partial charge on any atom is 0.0809 e. The quantitative estimate of drug-likeness (QED) is 0.566. The first-order valence-corrected chi connectivity index (χ1v) is 7.84. The van der Waals surface area contributed by atoms with E-state index in [4.69, 9.17) is 58.0 Å². The minimum absolute atomic E-state index is 0.0249. The summed E-state index contributed by atoms with van der Waals surface area (Å²) in [5, 5.41) is 11.3. The van der Waals surface area contributed by atoms with E-state index in [0.29, 0.717) is 0 Å². The number of hydrogen-bond donors (Lipinski definition) is 0. The fraction of sp³-hybridized carbons (Fsp3) is 0.143. The highest BCUT2D eigenvalue weighted by Crippen LogP contribution is 2.47. The molecule has 3 nitrogen and oxygen atoms in total. The van der Waals surface area contributed by atoms with Crippen molar-refractivity contribution < 1.29 is 9.90 Å². The van der Waals surface area contributed by atoms with Gasteiger partial charge in [0.2, 0.25) is 0 Å². The van der Waals surface area contributed by atoms with Crippen LogP contribution in [0, 0.1) is 0 Å². The second kappa shape index (κ2) is 7.24. The third-order valence-corrected chi connectivity index (χ3v) is 5.37. The average Bonchev–Trinajstić information content (AvgIpc) is 2.51. The molecule has 2 aromatic rings. The van der Waals surface area contributed by atoms with Gasteiger partial charge in [-0.15, -0.1) is 0 Å². The summed E-state index contributed by atoms with van der Waals surface area (Å²) in [4.78, 5) is 15.4. The molecule has 1 atom stereocenters. The van der Waals surface area contributed by atoms with Gasteiger partial charge in [-0.1, -0.05) is 58.0 Å². The molecule has 0 saturated heterocycles. The van der Waals surface area contributed by atoms with Gasteiger partial charge in [0.1, 0.15) is 0 Å². The van der Waals surface area contributed by atoms with Crippen LogP contribution in [0.4, 0.5) is 0 Å². The normalized spacial score (nSPS) is 12.2. The van der Waals surface area contributed by atoms with Crippen LogP contribution in [0.5, 0.6) is 0 Å². The summed E-state index contributed by atoms with van der Waals surface area (Å²) in [5.41, 5.74) is 0.804. The molecular weight excluding hydrogens is 391 g/mol. The standard InChI is InChI=1S/C14H8Cl5NO2/c15-9-8(10(16)12(18)13(19)11(9)17)7(14(21)22)5-6-1-3-20-4-2-6/h1-4,7H,5H2,(H,21,22)/p-1. The topological polar surface area (TPSA) is 53.0 Å². The zero-order valence-electron chi connectivity index (χ0n) is 10.7. The molecule has 116 valence electrons. The Bertz CT molecular complexity index is 692. The van der Waals surface area contributed by atoms with Crippen LogP contribution in [0.2, 0.25) is 25.1 Å². The number of benzene rings is 1. The SMILES string of the molecule is O=C([O-])C(Cc1ccncc1)c1c(Cl)c(Cl)c(Cl)c(Cl)c1Cl. The first kappa shape index (κ1) is 17.6. The van der Waals surface area contributed by atoms with Crippen molar-refractivity contribution in [2.24, 2.45) is 0 Å². The lowest BCUT2D eigenvalue weighted by atomic mass is 9.92. The van der Waals surface area contributed by atoms with E-state index in [9.17, 15) is 9.90 Å². The Morgan fingerprint density at radius 2 is 1.41 bits per heavy atom. The molecule has 0 N–H and O–H groups in total. The molecule has 0 aliphatic rings. The monoisotopic (exact) mass is 396 g/mol. The lowest BCUT2D eigenvalue weighted by Gasteiger charge is -2.23. The summed E-state index contributed by atoms with van der Waals surface area (Å²) < 4.78 is 0. The van der Waals surface area contributed by atoms with Crippen LogP contribution in [-0.4, -0.2) is 11.0 Å². The van der Waals surface area contributed by atoms with E-state index in [1.807, 2.05) is 0 Å². The predicted octanol–water partition coefficient (Wildman–Crippen LogP) is 4.42. The first-order valence-electron chi connectivity index (χ1n) is 5.95. The number of aromatic nitrogens is 1. The minimum atomic E-state index is -1.35. The number of aliphatic carboxylic acids is 1. The lowest BCUT2D eigenvalue weighted by molar-refractivity contribution is -0.308. The molecule has 0 bridgehead atoms.